The average molecular weight is 653 g/mol. The van der Waals surface area contributed by atoms with Crippen molar-refractivity contribution in [3.63, 3.8) is 0 Å². The van der Waals surface area contributed by atoms with Crippen LogP contribution in [-0.2, 0) is 24.9 Å². The number of carbonyl (C=O) groups is 1. The van der Waals surface area contributed by atoms with E-state index in [1.54, 1.807) is 36.9 Å². The summed E-state index contributed by atoms with van der Waals surface area (Å²) in [6, 6.07) is 18.5. The zero-order chi connectivity index (χ0) is 32.5. The third-order valence-corrected chi connectivity index (χ3v) is 11.0. The maximum atomic E-state index is 14.1. The Bertz CT molecular complexity index is 1930. The second-order valence-electron chi connectivity index (χ2n) is 12.9. The molecule has 11 heteroatoms. The standard InChI is InChI=1S/C36H40N6O4S/c1-39-16-11-29-33(39)38-24-42(35(29)44)23-36(45)13-18-41(19-14-36)34(43)27-12-17-40(22-30(27)25-6-4-3-5-7-25)21-26-8-9-32(47-26)28-10-15-37-20-31(28)46-2/h3-11,15-16,20,24,27,30,45H,12-14,17-19,21-23H2,1-2H3/t27-,30+/m1/s1. The highest BCUT2D eigenvalue weighted by Crippen LogP contribution is 2.38. The number of nitrogens with zero attached hydrogens (tertiary/aromatic N) is 6. The molecule has 2 atom stereocenters. The number of likely N-dealkylation sites (tertiary alicyclic amines) is 2. The fraction of sp³-hybridized carbons (Fsp3) is 0.389. The molecule has 2 aliphatic heterocycles. The van der Waals surface area contributed by atoms with Crippen LogP contribution in [0.4, 0.5) is 0 Å². The molecule has 0 spiro atoms. The molecule has 4 aromatic heterocycles. The van der Waals surface area contributed by atoms with Crippen LogP contribution in [-0.4, -0.2) is 78.8 Å². The number of methoxy groups -OCH3 is 1. The van der Waals surface area contributed by atoms with Crippen molar-refractivity contribution < 1.29 is 14.6 Å². The van der Waals surface area contributed by atoms with Crippen molar-refractivity contribution >= 4 is 28.3 Å². The van der Waals surface area contributed by atoms with Gasteiger partial charge in [0.05, 0.1) is 30.8 Å². The third kappa shape index (κ3) is 6.35. The lowest BCUT2D eigenvalue weighted by Gasteiger charge is -2.43. The Morgan fingerprint density at radius 3 is 2.68 bits per heavy atom. The molecule has 1 N–H and O–H groups in total. The van der Waals surface area contributed by atoms with Gasteiger partial charge in [-0.05, 0) is 55.6 Å². The minimum Gasteiger partial charge on any atom is -0.494 e. The first-order valence-corrected chi connectivity index (χ1v) is 17.0. The van der Waals surface area contributed by atoms with Crippen LogP contribution in [0.5, 0.6) is 5.75 Å². The first-order chi connectivity index (χ1) is 22.8. The predicted molar refractivity (Wildman–Crippen MR) is 182 cm³/mol. The van der Waals surface area contributed by atoms with Gasteiger partial charge in [-0.15, -0.1) is 11.3 Å². The quantitative estimate of drug-likeness (QED) is 0.263. The highest BCUT2D eigenvalue weighted by atomic mass is 32.1. The Labute approximate surface area is 277 Å². The van der Waals surface area contributed by atoms with Crippen molar-refractivity contribution in [3.05, 3.63) is 100 Å². The van der Waals surface area contributed by atoms with Crippen LogP contribution >= 0.6 is 11.3 Å². The van der Waals surface area contributed by atoms with E-state index in [1.165, 1.54) is 21.3 Å². The van der Waals surface area contributed by atoms with E-state index in [4.69, 9.17) is 4.74 Å². The van der Waals surface area contributed by atoms with Gasteiger partial charge in [0.2, 0.25) is 5.91 Å². The molecule has 6 heterocycles. The summed E-state index contributed by atoms with van der Waals surface area (Å²) in [6.07, 6.45) is 8.46. The van der Waals surface area contributed by atoms with E-state index < -0.39 is 5.60 Å². The average Bonchev–Trinajstić information content (AvgIpc) is 3.73. The number of aryl methyl sites for hydroxylation is 1. The SMILES string of the molecule is COc1cnccc1-c1ccc(CN2CC[C@@H](C(=O)N3CCC(O)(Cn4cnc5c(ccn5C)c4=O)CC3)[C@H](c3ccccc3)C2)s1. The molecule has 0 aliphatic carbocycles. The maximum Gasteiger partial charge on any atom is 0.262 e. The van der Waals surface area contributed by atoms with Gasteiger partial charge in [-0.2, -0.15) is 0 Å². The van der Waals surface area contributed by atoms with Crippen molar-refractivity contribution in [2.75, 3.05) is 33.3 Å². The molecular weight excluding hydrogens is 613 g/mol. The number of hydrogen-bond donors (Lipinski definition) is 1. The lowest BCUT2D eigenvalue weighted by molar-refractivity contribution is -0.142. The minimum absolute atomic E-state index is 0.0697. The summed E-state index contributed by atoms with van der Waals surface area (Å²) in [6.45, 7) is 3.53. The number of pyridine rings is 1. The van der Waals surface area contributed by atoms with Gasteiger partial charge in [-0.25, -0.2) is 4.98 Å². The van der Waals surface area contributed by atoms with E-state index in [9.17, 15) is 14.7 Å². The first-order valence-electron chi connectivity index (χ1n) is 16.2. The second-order valence-corrected chi connectivity index (χ2v) is 14.0. The van der Waals surface area contributed by atoms with E-state index in [0.29, 0.717) is 37.0 Å². The third-order valence-electron chi connectivity index (χ3n) is 9.87. The molecule has 0 bridgehead atoms. The normalized spacial score (nSPS) is 20.0. The number of fused-ring (bicyclic) bond motifs is 1. The molecule has 0 radical (unpaired) electrons. The van der Waals surface area contributed by atoms with Gasteiger partial charge < -0.3 is 19.3 Å². The van der Waals surface area contributed by atoms with E-state index in [1.807, 2.05) is 47.0 Å². The van der Waals surface area contributed by atoms with Crippen LogP contribution in [0, 0.1) is 5.92 Å². The smallest absolute Gasteiger partial charge is 0.262 e. The summed E-state index contributed by atoms with van der Waals surface area (Å²) in [5.41, 5.74) is 1.62. The summed E-state index contributed by atoms with van der Waals surface area (Å²) in [5, 5.41) is 12.0. The highest BCUT2D eigenvalue weighted by Gasteiger charge is 2.41. The van der Waals surface area contributed by atoms with Gasteiger partial charge in [0.15, 0.2) is 0 Å². The fourth-order valence-corrected chi connectivity index (χ4v) is 8.30. The van der Waals surface area contributed by atoms with E-state index >= 15 is 0 Å². The van der Waals surface area contributed by atoms with Crippen LogP contribution in [0.3, 0.4) is 0 Å². The van der Waals surface area contributed by atoms with Crippen LogP contribution in [0.15, 0.2) is 84.3 Å². The van der Waals surface area contributed by atoms with Crippen LogP contribution < -0.4 is 10.3 Å². The number of thiophene rings is 1. The number of piperidine rings is 2. The van der Waals surface area contributed by atoms with Gasteiger partial charge in [0, 0.05) is 72.8 Å². The monoisotopic (exact) mass is 652 g/mol. The fourth-order valence-electron chi connectivity index (χ4n) is 7.22. The van der Waals surface area contributed by atoms with Crippen LogP contribution in [0.2, 0.25) is 0 Å². The number of amides is 1. The van der Waals surface area contributed by atoms with E-state index in [2.05, 4.69) is 39.1 Å². The lowest BCUT2D eigenvalue weighted by atomic mass is 9.79. The second kappa shape index (κ2) is 13.1. The zero-order valence-corrected chi connectivity index (χ0v) is 27.6. The lowest BCUT2D eigenvalue weighted by Crippen LogP contribution is -2.53. The Morgan fingerprint density at radius 2 is 1.89 bits per heavy atom. The Balaban J connectivity index is 1.02. The number of aliphatic hydroxyl groups is 1. The van der Waals surface area contributed by atoms with Crippen molar-refractivity contribution in [2.45, 2.75) is 43.9 Å². The van der Waals surface area contributed by atoms with Crippen molar-refractivity contribution in [2.24, 2.45) is 13.0 Å². The molecule has 2 aliphatic rings. The zero-order valence-electron chi connectivity index (χ0n) is 26.8. The van der Waals surface area contributed by atoms with Gasteiger partial charge in [-0.3, -0.25) is 24.0 Å². The Morgan fingerprint density at radius 1 is 1.09 bits per heavy atom. The largest absolute Gasteiger partial charge is 0.494 e. The predicted octanol–water partition coefficient (Wildman–Crippen LogP) is 4.53. The van der Waals surface area contributed by atoms with Crippen molar-refractivity contribution in [3.8, 4) is 16.2 Å². The maximum absolute atomic E-state index is 14.1. The van der Waals surface area contributed by atoms with Gasteiger partial charge in [0.25, 0.3) is 5.56 Å². The number of ether oxygens (including phenoxy) is 1. The van der Waals surface area contributed by atoms with Gasteiger partial charge in [0.1, 0.15) is 17.7 Å². The number of hydrogen-bond acceptors (Lipinski definition) is 8. The first kappa shape index (κ1) is 31.3. The summed E-state index contributed by atoms with van der Waals surface area (Å²) in [4.78, 5) is 42.6. The number of rotatable bonds is 8. The van der Waals surface area contributed by atoms with Gasteiger partial charge in [-0.1, -0.05) is 30.3 Å². The Kier molecular flexibility index (Phi) is 8.69. The molecule has 2 saturated heterocycles. The van der Waals surface area contributed by atoms with E-state index in [-0.39, 0.29) is 29.8 Å². The molecule has 1 aromatic carbocycles. The molecule has 10 nitrogen and oxygen atoms in total. The van der Waals surface area contributed by atoms with Crippen molar-refractivity contribution in [1.82, 2.24) is 28.9 Å². The van der Waals surface area contributed by atoms with Crippen LogP contribution in [0.1, 0.15) is 35.6 Å². The Hall–Kier alpha value is -4.32. The highest BCUT2D eigenvalue weighted by molar-refractivity contribution is 7.15. The summed E-state index contributed by atoms with van der Waals surface area (Å²) in [5.74, 6) is 0.862. The molecule has 0 unspecified atom stereocenters. The summed E-state index contributed by atoms with van der Waals surface area (Å²) < 4.78 is 8.85. The molecule has 7 rings (SSSR count). The molecule has 2 fully saturated rings. The molecule has 1 amide bonds. The molecule has 0 saturated carbocycles. The molecule has 244 valence electrons. The minimum atomic E-state index is -1.08. The molecular formula is C36H40N6O4S. The molecule has 47 heavy (non-hydrogen) atoms. The number of benzene rings is 1. The summed E-state index contributed by atoms with van der Waals surface area (Å²) >= 11 is 1.76. The number of aromatic nitrogens is 4. The summed E-state index contributed by atoms with van der Waals surface area (Å²) in [7, 11) is 3.52. The van der Waals surface area contributed by atoms with Crippen LogP contribution in [0.25, 0.3) is 21.5 Å². The topological polar surface area (TPSA) is 106 Å². The van der Waals surface area contributed by atoms with Gasteiger partial charge >= 0.3 is 0 Å². The molecule has 5 aromatic rings. The van der Waals surface area contributed by atoms with Crippen molar-refractivity contribution in [1.29, 1.82) is 0 Å². The van der Waals surface area contributed by atoms with E-state index in [0.717, 1.165) is 42.2 Å². The number of carbonyl (C=O) groups excluding carboxylic acids is 1.